The molecule has 0 saturated carbocycles. The first-order valence-corrected chi connectivity index (χ1v) is 5.97. The molecule has 0 atom stereocenters. The number of carboxylic acid groups (broad SMARTS) is 1. The van der Waals surface area contributed by atoms with Crippen LogP contribution in [0.4, 0.5) is 5.69 Å². The fourth-order valence-corrected chi connectivity index (χ4v) is 2.30. The van der Waals surface area contributed by atoms with Crippen LogP contribution in [0, 0.1) is 0 Å². The Balaban J connectivity index is 1.88. The molecule has 2 aromatic rings. The van der Waals surface area contributed by atoms with E-state index in [-0.39, 0.29) is 0 Å². The molecule has 0 amide bonds. The lowest BCUT2D eigenvalue weighted by Gasteiger charge is -2.17. The van der Waals surface area contributed by atoms with Crippen molar-refractivity contribution >= 4 is 11.7 Å². The molecule has 1 aromatic heterocycles. The lowest BCUT2D eigenvalue weighted by atomic mass is 10.1. The molecule has 19 heavy (non-hydrogen) atoms. The van der Waals surface area contributed by atoms with Crippen LogP contribution in [-0.4, -0.2) is 37.8 Å². The van der Waals surface area contributed by atoms with Crippen molar-refractivity contribution in [1.29, 1.82) is 0 Å². The van der Waals surface area contributed by atoms with Crippen LogP contribution < -0.4 is 4.90 Å². The average Bonchev–Trinajstić information content (AvgIpc) is 2.96. The standard InChI is InChI=1S/C12H13N5O2/c1-16-14-11(13-15-16)7-17-5-4-8-2-3-9(12(18)19)6-10(8)17/h2-3,6H,4-5,7H2,1H3,(H,18,19). The van der Waals surface area contributed by atoms with Crippen LogP contribution in [0.1, 0.15) is 21.7 Å². The summed E-state index contributed by atoms with van der Waals surface area (Å²) >= 11 is 0. The maximum Gasteiger partial charge on any atom is 0.335 e. The molecule has 0 saturated heterocycles. The average molecular weight is 259 g/mol. The third-order valence-electron chi connectivity index (χ3n) is 3.21. The Kier molecular flexibility index (Phi) is 2.66. The minimum atomic E-state index is -0.910. The van der Waals surface area contributed by atoms with Crippen molar-refractivity contribution in [3.05, 3.63) is 35.2 Å². The zero-order chi connectivity index (χ0) is 13.4. The highest BCUT2D eigenvalue weighted by Crippen LogP contribution is 2.29. The van der Waals surface area contributed by atoms with E-state index in [9.17, 15) is 4.79 Å². The number of aromatic nitrogens is 4. The molecule has 0 fully saturated rings. The Labute approximate surface area is 109 Å². The second-order valence-corrected chi connectivity index (χ2v) is 4.52. The van der Waals surface area contributed by atoms with Gasteiger partial charge < -0.3 is 10.0 Å². The van der Waals surface area contributed by atoms with Gasteiger partial charge in [-0.15, -0.1) is 10.2 Å². The number of tetrazole rings is 1. The summed E-state index contributed by atoms with van der Waals surface area (Å²) in [5.74, 6) is -0.275. The normalized spacial score (nSPS) is 13.6. The van der Waals surface area contributed by atoms with Crippen LogP contribution in [-0.2, 0) is 20.0 Å². The van der Waals surface area contributed by atoms with E-state index in [4.69, 9.17) is 5.11 Å². The molecule has 1 aliphatic heterocycles. The van der Waals surface area contributed by atoms with Crippen LogP contribution in [0.5, 0.6) is 0 Å². The summed E-state index contributed by atoms with van der Waals surface area (Å²) in [6.45, 7) is 1.39. The smallest absolute Gasteiger partial charge is 0.335 e. The monoisotopic (exact) mass is 259 g/mol. The van der Waals surface area contributed by atoms with E-state index < -0.39 is 5.97 Å². The summed E-state index contributed by atoms with van der Waals surface area (Å²) in [5.41, 5.74) is 2.42. The van der Waals surface area contributed by atoms with Gasteiger partial charge in [0.1, 0.15) is 0 Å². The van der Waals surface area contributed by atoms with E-state index in [1.54, 1.807) is 19.2 Å². The van der Waals surface area contributed by atoms with Gasteiger partial charge in [-0.2, -0.15) is 4.80 Å². The van der Waals surface area contributed by atoms with Crippen LogP contribution in [0.15, 0.2) is 18.2 Å². The molecule has 0 aliphatic carbocycles. The molecule has 0 spiro atoms. The first-order chi connectivity index (χ1) is 9.13. The van der Waals surface area contributed by atoms with E-state index >= 15 is 0 Å². The number of hydrogen-bond donors (Lipinski definition) is 1. The molecular formula is C12H13N5O2. The van der Waals surface area contributed by atoms with Crippen LogP contribution in [0.25, 0.3) is 0 Å². The Hall–Kier alpha value is -2.44. The first kappa shape index (κ1) is 11.6. The minimum absolute atomic E-state index is 0.303. The molecule has 7 heteroatoms. The number of carboxylic acids is 1. The number of nitrogens with zero attached hydrogens (tertiary/aromatic N) is 5. The molecule has 1 aliphatic rings. The molecule has 0 radical (unpaired) electrons. The van der Waals surface area contributed by atoms with E-state index in [0.29, 0.717) is 17.9 Å². The Bertz CT molecular complexity index is 637. The van der Waals surface area contributed by atoms with Crippen LogP contribution in [0.3, 0.4) is 0 Å². The third-order valence-corrected chi connectivity index (χ3v) is 3.21. The number of carbonyl (C=O) groups is 1. The lowest BCUT2D eigenvalue weighted by Crippen LogP contribution is -2.21. The van der Waals surface area contributed by atoms with Crippen molar-refractivity contribution in [2.75, 3.05) is 11.4 Å². The largest absolute Gasteiger partial charge is 0.478 e. The summed E-state index contributed by atoms with van der Waals surface area (Å²) in [5, 5.41) is 20.9. The number of rotatable bonds is 3. The molecule has 1 aromatic carbocycles. The van der Waals surface area contributed by atoms with E-state index in [0.717, 1.165) is 24.2 Å². The quantitative estimate of drug-likeness (QED) is 0.862. The van der Waals surface area contributed by atoms with Crippen LogP contribution in [0.2, 0.25) is 0 Å². The Morgan fingerprint density at radius 1 is 1.47 bits per heavy atom. The fraction of sp³-hybridized carbons (Fsp3) is 0.333. The predicted octanol–water partition coefficient (Wildman–Crippen LogP) is 0.471. The number of hydrogen-bond acceptors (Lipinski definition) is 5. The zero-order valence-corrected chi connectivity index (χ0v) is 10.4. The summed E-state index contributed by atoms with van der Waals surface area (Å²) in [4.78, 5) is 14.5. The molecule has 98 valence electrons. The van der Waals surface area contributed by atoms with Gasteiger partial charge in [-0.3, -0.25) is 0 Å². The number of aromatic carboxylic acids is 1. The van der Waals surface area contributed by atoms with Crippen molar-refractivity contribution in [2.45, 2.75) is 13.0 Å². The van der Waals surface area contributed by atoms with Gasteiger partial charge in [-0.05, 0) is 29.3 Å². The topological polar surface area (TPSA) is 84.1 Å². The second kappa shape index (κ2) is 4.34. The molecule has 2 heterocycles. The predicted molar refractivity (Wildman–Crippen MR) is 67.0 cm³/mol. The Morgan fingerprint density at radius 2 is 2.32 bits per heavy atom. The molecule has 3 rings (SSSR count). The highest BCUT2D eigenvalue weighted by Gasteiger charge is 2.22. The number of benzene rings is 1. The SMILES string of the molecule is Cn1nnc(CN2CCc3ccc(C(=O)O)cc32)n1. The van der Waals surface area contributed by atoms with Crippen LogP contribution >= 0.6 is 0 Å². The second-order valence-electron chi connectivity index (χ2n) is 4.52. The van der Waals surface area contributed by atoms with Gasteiger partial charge in [0.15, 0.2) is 5.82 Å². The van der Waals surface area contributed by atoms with Gasteiger partial charge in [-0.1, -0.05) is 6.07 Å². The van der Waals surface area contributed by atoms with Crippen molar-refractivity contribution in [1.82, 2.24) is 20.2 Å². The van der Waals surface area contributed by atoms with Gasteiger partial charge in [0.25, 0.3) is 0 Å². The molecule has 1 N–H and O–H groups in total. The first-order valence-electron chi connectivity index (χ1n) is 5.97. The fourth-order valence-electron chi connectivity index (χ4n) is 2.30. The van der Waals surface area contributed by atoms with Gasteiger partial charge >= 0.3 is 5.97 Å². The third kappa shape index (κ3) is 2.14. The Morgan fingerprint density at radius 3 is 3.00 bits per heavy atom. The maximum absolute atomic E-state index is 11.0. The van der Waals surface area contributed by atoms with Gasteiger partial charge in [0, 0.05) is 12.2 Å². The van der Waals surface area contributed by atoms with E-state index in [1.165, 1.54) is 4.80 Å². The highest BCUT2D eigenvalue weighted by molar-refractivity contribution is 5.89. The summed E-state index contributed by atoms with van der Waals surface area (Å²) in [6.07, 6.45) is 0.912. The van der Waals surface area contributed by atoms with Gasteiger partial charge in [0.2, 0.25) is 0 Å². The summed E-state index contributed by atoms with van der Waals surface area (Å²) in [6, 6.07) is 5.23. The number of fused-ring (bicyclic) bond motifs is 1. The molecule has 7 nitrogen and oxygen atoms in total. The van der Waals surface area contributed by atoms with Crippen molar-refractivity contribution < 1.29 is 9.90 Å². The van der Waals surface area contributed by atoms with E-state index in [1.807, 2.05) is 6.07 Å². The van der Waals surface area contributed by atoms with Crippen molar-refractivity contribution in [3.8, 4) is 0 Å². The minimum Gasteiger partial charge on any atom is -0.478 e. The summed E-state index contributed by atoms with van der Waals surface area (Å²) < 4.78 is 0. The zero-order valence-electron chi connectivity index (χ0n) is 10.4. The van der Waals surface area contributed by atoms with Gasteiger partial charge in [0.05, 0.1) is 19.2 Å². The summed E-state index contributed by atoms with van der Waals surface area (Å²) in [7, 11) is 1.72. The maximum atomic E-state index is 11.0. The lowest BCUT2D eigenvalue weighted by molar-refractivity contribution is 0.0697. The van der Waals surface area contributed by atoms with Crippen molar-refractivity contribution in [2.24, 2.45) is 7.05 Å². The van der Waals surface area contributed by atoms with Gasteiger partial charge in [-0.25, -0.2) is 4.79 Å². The van der Waals surface area contributed by atoms with E-state index in [2.05, 4.69) is 20.3 Å². The number of aryl methyl sites for hydroxylation is 1. The number of anilines is 1. The molecule has 0 unspecified atom stereocenters. The van der Waals surface area contributed by atoms with Crippen molar-refractivity contribution in [3.63, 3.8) is 0 Å². The molecular weight excluding hydrogens is 246 g/mol. The molecule has 0 bridgehead atoms. The highest BCUT2D eigenvalue weighted by atomic mass is 16.4.